The maximum absolute atomic E-state index is 12.6. The van der Waals surface area contributed by atoms with Gasteiger partial charge < -0.3 is 24.1 Å². The van der Waals surface area contributed by atoms with Crippen LogP contribution in [0.15, 0.2) is 22.8 Å². The van der Waals surface area contributed by atoms with Gasteiger partial charge in [-0.25, -0.2) is 4.79 Å². The smallest absolute Gasteiger partial charge is 0.336 e. The molecule has 0 aromatic heterocycles. The first-order chi connectivity index (χ1) is 14.1. The van der Waals surface area contributed by atoms with Gasteiger partial charge in [0.1, 0.15) is 6.10 Å². The minimum absolute atomic E-state index is 0.0196. The van der Waals surface area contributed by atoms with Crippen molar-refractivity contribution in [2.45, 2.75) is 83.4 Å². The van der Waals surface area contributed by atoms with E-state index in [-0.39, 0.29) is 41.7 Å². The predicted octanol–water partition coefficient (Wildman–Crippen LogP) is 2.81. The first-order valence-corrected chi connectivity index (χ1v) is 10.7. The van der Waals surface area contributed by atoms with E-state index in [0.29, 0.717) is 24.8 Å². The Hall–Kier alpha value is -1.70. The zero-order chi connectivity index (χ0) is 21.9. The standard InChI is InChI=1S/C23H32O7/c1-13-16-9-17-21(3,18(28-14(2)25)10-19-22(17,4)29-19)8-6-7-15(12-24)11-23(16,27-5)30-20(13)26/h11,17-19,24H,6-10,12H2,1-5H3. The van der Waals surface area contributed by atoms with Crippen LogP contribution in [-0.2, 0) is 28.5 Å². The van der Waals surface area contributed by atoms with E-state index in [1.807, 2.05) is 0 Å². The van der Waals surface area contributed by atoms with Crippen molar-refractivity contribution in [3.8, 4) is 0 Å². The molecule has 2 fully saturated rings. The molecule has 0 amide bonds. The lowest BCUT2D eigenvalue weighted by Crippen LogP contribution is -2.53. The fourth-order valence-corrected chi connectivity index (χ4v) is 6.02. The molecule has 1 saturated carbocycles. The Morgan fingerprint density at radius 3 is 2.73 bits per heavy atom. The lowest BCUT2D eigenvalue weighted by atomic mass is 9.57. The summed E-state index contributed by atoms with van der Waals surface area (Å²) in [7, 11) is 1.52. The average molecular weight is 421 g/mol. The predicted molar refractivity (Wildman–Crippen MR) is 107 cm³/mol. The number of methoxy groups -OCH3 is 1. The molecule has 30 heavy (non-hydrogen) atoms. The van der Waals surface area contributed by atoms with E-state index in [9.17, 15) is 14.7 Å². The number of ether oxygens (including phenoxy) is 4. The molecule has 0 aromatic rings. The van der Waals surface area contributed by atoms with Gasteiger partial charge in [0.05, 0.1) is 18.3 Å². The van der Waals surface area contributed by atoms with Crippen molar-refractivity contribution < 1.29 is 33.6 Å². The van der Waals surface area contributed by atoms with Gasteiger partial charge in [0, 0.05) is 42.9 Å². The summed E-state index contributed by atoms with van der Waals surface area (Å²) >= 11 is 0. The van der Waals surface area contributed by atoms with E-state index >= 15 is 0 Å². The number of hydrogen-bond acceptors (Lipinski definition) is 7. The second kappa shape index (κ2) is 7.18. The first-order valence-electron chi connectivity index (χ1n) is 10.7. The molecule has 0 aromatic carbocycles. The van der Waals surface area contributed by atoms with Crippen molar-refractivity contribution in [1.29, 1.82) is 0 Å². The van der Waals surface area contributed by atoms with Crippen LogP contribution >= 0.6 is 0 Å². The highest BCUT2D eigenvalue weighted by Gasteiger charge is 2.69. The van der Waals surface area contributed by atoms with E-state index < -0.39 is 11.8 Å². The Morgan fingerprint density at radius 1 is 1.37 bits per heavy atom. The van der Waals surface area contributed by atoms with Crippen LogP contribution < -0.4 is 0 Å². The monoisotopic (exact) mass is 420 g/mol. The van der Waals surface area contributed by atoms with Crippen molar-refractivity contribution in [2.24, 2.45) is 11.3 Å². The van der Waals surface area contributed by atoms with Crippen LogP contribution in [0.2, 0.25) is 0 Å². The summed E-state index contributed by atoms with van der Waals surface area (Å²) in [4.78, 5) is 24.4. The topological polar surface area (TPSA) is 94.6 Å². The Labute approximate surface area is 177 Å². The molecule has 7 nitrogen and oxygen atoms in total. The molecule has 4 rings (SSSR count). The van der Waals surface area contributed by atoms with Gasteiger partial charge in [-0.1, -0.05) is 6.92 Å². The molecular weight excluding hydrogens is 388 g/mol. The van der Waals surface area contributed by atoms with Crippen LogP contribution in [0.5, 0.6) is 0 Å². The first kappa shape index (κ1) is 21.5. The van der Waals surface area contributed by atoms with Gasteiger partial charge in [-0.3, -0.25) is 4.79 Å². The van der Waals surface area contributed by atoms with E-state index in [1.54, 1.807) is 13.0 Å². The van der Waals surface area contributed by atoms with E-state index in [1.165, 1.54) is 14.0 Å². The third-order valence-electron chi connectivity index (χ3n) is 7.88. The average Bonchev–Trinajstić information content (AvgIpc) is 3.28. The van der Waals surface area contributed by atoms with E-state index in [2.05, 4.69) is 13.8 Å². The Balaban J connectivity index is 1.83. The SMILES string of the molecule is COC12C=C(CO)CCCC3(C)C(OC(C)=O)CC4OC4(C)C3CC1=C(C)C(=O)O2. The fourth-order valence-electron chi connectivity index (χ4n) is 6.02. The number of hydrogen-bond donors (Lipinski definition) is 1. The van der Waals surface area contributed by atoms with Crippen LogP contribution in [0, 0.1) is 11.3 Å². The Morgan fingerprint density at radius 2 is 2.10 bits per heavy atom. The number of epoxide rings is 1. The van der Waals surface area contributed by atoms with Gasteiger partial charge in [-0.15, -0.1) is 0 Å². The lowest BCUT2D eigenvalue weighted by molar-refractivity contribution is -0.178. The normalized spacial score (nSPS) is 43.1. The summed E-state index contributed by atoms with van der Waals surface area (Å²) in [6.07, 6.45) is 5.00. The molecule has 0 radical (unpaired) electrons. The van der Waals surface area contributed by atoms with Crippen LogP contribution in [0.4, 0.5) is 0 Å². The summed E-state index contributed by atoms with van der Waals surface area (Å²) in [6, 6.07) is 0. The molecule has 7 heteroatoms. The van der Waals surface area contributed by atoms with Gasteiger partial charge >= 0.3 is 11.9 Å². The van der Waals surface area contributed by atoms with E-state index in [4.69, 9.17) is 18.9 Å². The summed E-state index contributed by atoms with van der Waals surface area (Å²) < 4.78 is 23.5. The van der Waals surface area contributed by atoms with Crippen LogP contribution in [0.1, 0.15) is 59.8 Å². The highest BCUT2D eigenvalue weighted by atomic mass is 16.7. The van der Waals surface area contributed by atoms with Gasteiger partial charge in [0.15, 0.2) is 0 Å². The zero-order valence-corrected chi connectivity index (χ0v) is 18.4. The third kappa shape index (κ3) is 3.13. The van der Waals surface area contributed by atoms with Crippen LogP contribution in [0.25, 0.3) is 0 Å². The summed E-state index contributed by atoms with van der Waals surface area (Å²) in [5.41, 5.74) is 1.38. The van der Waals surface area contributed by atoms with Crippen LogP contribution in [0.3, 0.4) is 0 Å². The maximum Gasteiger partial charge on any atom is 0.336 e. The second-order valence-electron chi connectivity index (χ2n) is 9.57. The fraction of sp³-hybridized carbons (Fsp3) is 0.739. The van der Waals surface area contributed by atoms with Crippen LogP contribution in [-0.4, -0.2) is 54.4 Å². The number of aliphatic hydroxyl groups excluding tert-OH is 1. The molecule has 166 valence electrons. The molecule has 2 aliphatic heterocycles. The number of esters is 2. The van der Waals surface area contributed by atoms with Crippen molar-refractivity contribution in [3.05, 3.63) is 22.8 Å². The molecule has 6 atom stereocenters. The Kier molecular flexibility index (Phi) is 5.15. The zero-order valence-electron chi connectivity index (χ0n) is 18.4. The summed E-state index contributed by atoms with van der Waals surface area (Å²) in [5, 5.41) is 9.92. The molecule has 6 unspecified atom stereocenters. The lowest BCUT2D eigenvalue weighted by Gasteiger charge is -2.49. The van der Waals surface area contributed by atoms with E-state index in [0.717, 1.165) is 24.0 Å². The maximum atomic E-state index is 12.6. The largest absolute Gasteiger partial charge is 0.462 e. The minimum Gasteiger partial charge on any atom is -0.462 e. The second-order valence-corrected chi connectivity index (χ2v) is 9.57. The molecule has 4 aliphatic rings. The minimum atomic E-state index is -1.31. The summed E-state index contributed by atoms with van der Waals surface area (Å²) in [6.45, 7) is 7.35. The number of rotatable bonds is 3. The molecule has 1 saturated heterocycles. The molecule has 0 bridgehead atoms. The van der Waals surface area contributed by atoms with Gasteiger partial charge in [0.25, 0.3) is 5.79 Å². The van der Waals surface area contributed by atoms with Gasteiger partial charge in [0.2, 0.25) is 0 Å². The van der Waals surface area contributed by atoms with Gasteiger partial charge in [-0.05, 0) is 51.2 Å². The van der Waals surface area contributed by atoms with Crippen molar-refractivity contribution in [2.75, 3.05) is 13.7 Å². The highest BCUT2D eigenvalue weighted by molar-refractivity contribution is 5.92. The number of carbonyl (C=O) groups is 2. The summed E-state index contributed by atoms with van der Waals surface area (Å²) in [5.74, 6) is -2.00. The highest BCUT2D eigenvalue weighted by Crippen LogP contribution is 2.63. The van der Waals surface area contributed by atoms with Crippen molar-refractivity contribution >= 4 is 11.9 Å². The molecular formula is C23H32O7. The number of aliphatic hydroxyl groups is 1. The number of carbonyl (C=O) groups excluding carboxylic acids is 2. The van der Waals surface area contributed by atoms with Crippen molar-refractivity contribution in [1.82, 2.24) is 0 Å². The molecule has 2 aliphatic carbocycles. The molecule has 1 N–H and O–H groups in total. The quantitative estimate of drug-likeness (QED) is 0.426. The Bertz CT molecular complexity index is 829. The third-order valence-corrected chi connectivity index (χ3v) is 7.88. The number of fused-ring (bicyclic) bond motifs is 4. The van der Waals surface area contributed by atoms with Crippen molar-refractivity contribution in [3.63, 3.8) is 0 Å². The molecule has 0 spiro atoms. The van der Waals surface area contributed by atoms with Gasteiger partial charge in [-0.2, -0.15) is 0 Å². The molecule has 2 heterocycles.